The molecule has 1 heterocycles. The molecule has 0 saturated carbocycles. The molecule has 0 atom stereocenters. The van der Waals surface area contributed by atoms with E-state index >= 15 is 0 Å². The molecule has 166 valence electrons. The summed E-state index contributed by atoms with van der Waals surface area (Å²) in [5.74, 6) is -1.01. The minimum Gasteiger partial charge on any atom is -0.506 e. The summed E-state index contributed by atoms with van der Waals surface area (Å²) in [5, 5.41) is 12.1. The lowest BCUT2D eigenvalue weighted by Crippen LogP contribution is -2.54. The van der Waals surface area contributed by atoms with E-state index in [1.54, 1.807) is 36.4 Å². The molecule has 4 rings (SSSR count). The summed E-state index contributed by atoms with van der Waals surface area (Å²) < 4.78 is 6.50. The van der Waals surface area contributed by atoms with Gasteiger partial charge in [0.15, 0.2) is 0 Å². The second kappa shape index (κ2) is 9.60. The van der Waals surface area contributed by atoms with Crippen molar-refractivity contribution in [2.45, 2.75) is 6.61 Å². The highest BCUT2D eigenvalue weighted by Gasteiger charge is 2.36. The Morgan fingerprint density at radius 3 is 2.21 bits per heavy atom. The number of phenols is 1. The second-order valence-electron chi connectivity index (χ2n) is 7.06. The molecule has 1 saturated heterocycles. The van der Waals surface area contributed by atoms with E-state index in [0.717, 1.165) is 10.5 Å². The van der Waals surface area contributed by atoms with Gasteiger partial charge in [0.1, 0.15) is 23.7 Å². The molecule has 0 unspecified atom stereocenters. The molecule has 0 aliphatic carbocycles. The standard InChI is InChI=1S/C24H16Br2N2O5/c25-19-11-15(12-20(26)21(19)29)10-18-22(30)27-24(32)28(23(18)31)16-6-8-17(9-7-16)33-13-14-4-2-1-3-5-14/h1-12,29H,13H2,(H,27,30,32)/b18-10+. The predicted molar refractivity (Wildman–Crippen MR) is 130 cm³/mol. The van der Waals surface area contributed by atoms with Gasteiger partial charge in [0.05, 0.1) is 14.6 Å². The van der Waals surface area contributed by atoms with Gasteiger partial charge in [-0.2, -0.15) is 0 Å². The minimum absolute atomic E-state index is 0.0112. The molecular formula is C24H16Br2N2O5. The van der Waals surface area contributed by atoms with E-state index in [9.17, 15) is 19.5 Å². The molecule has 33 heavy (non-hydrogen) atoms. The number of rotatable bonds is 5. The number of nitrogens with zero attached hydrogens (tertiary/aromatic N) is 1. The van der Waals surface area contributed by atoms with Crippen molar-refractivity contribution in [3.63, 3.8) is 0 Å². The molecule has 0 aromatic heterocycles. The van der Waals surface area contributed by atoms with Crippen LogP contribution in [0.3, 0.4) is 0 Å². The zero-order chi connectivity index (χ0) is 23.5. The molecule has 1 aliphatic heterocycles. The topological polar surface area (TPSA) is 95.9 Å². The summed E-state index contributed by atoms with van der Waals surface area (Å²) in [6.07, 6.45) is 1.35. The van der Waals surface area contributed by atoms with Crippen LogP contribution in [-0.4, -0.2) is 23.0 Å². The van der Waals surface area contributed by atoms with Crippen LogP contribution in [0.5, 0.6) is 11.5 Å². The molecule has 1 aliphatic rings. The van der Waals surface area contributed by atoms with Crippen molar-refractivity contribution in [1.29, 1.82) is 0 Å². The Bertz CT molecular complexity index is 1250. The fourth-order valence-electron chi connectivity index (χ4n) is 3.16. The highest BCUT2D eigenvalue weighted by molar-refractivity contribution is 9.11. The lowest BCUT2D eigenvalue weighted by atomic mass is 10.1. The highest BCUT2D eigenvalue weighted by atomic mass is 79.9. The monoisotopic (exact) mass is 570 g/mol. The SMILES string of the molecule is O=C1NC(=O)N(c2ccc(OCc3ccccc3)cc2)C(=O)/C1=C/c1cc(Br)c(O)c(Br)c1. The summed E-state index contributed by atoms with van der Waals surface area (Å²) in [6, 6.07) is 18.3. The molecule has 3 aromatic rings. The van der Waals surface area contributed by atoms with Gasteiger partial charge in [-0.1, -0.05) is 30.3 Å². The molecular weight excluding hydrogens is 556 g/mol. The smallest absolute Gasteiger partial charge is 0.335 e. The third-order valence-electron chi connectivity index (χ3n) is 4.80. The highest BCUT2D eigenvalue weighted by Crippen LogP contribution is 2.34. The Hall–Kier alpha value is -3.43. The molecule has 0 radical (unpaired) electrons. The number of carbonyl (C=O) groups excluding carboxylic acids is 3. The van der Waals surface area contributed by atoms with Gasteiger partial charge in [-0.15, -0.1) is 0 Å². The number of benzene rings is 3. The number of phenolic OH excluding ortho intramolecular Hbond substituents is 1. The number of carbonyl (C=O) groups is 3. The van der Waals surface area contributed by atoms with Crippen LogP contribution in [-0.2, 0) is 16.2 Å². The third-order valence-corrected chi connectivity index (χ3v) is 6.00. The maximum absolute atomic E-state index is 13.1. The summed E-state index contributed by atoms with van der Waals surface area (Å²) in [6.45, 7) is 0.377. The van der Waals surface area contributed by atoms with E-state index in [4.69, 9.17) is 4.74 Å². The van der Waals surface area contributed by atoms with Crippen molar-refractivity contribution < 1.29 is 24.2 Å². The van der Waals surface area contributed by atoms with Crippen molar-refractivity contribution in [3.8, 4) is 11.5 Å². The van der Waals surface area contributed by atoms with Crippen LogP contribution in [0.15, 0.2) is 81.2 Å². The normalized spacial score (nSPS) is 15.0. The van der Waals surface area contributed by atoms with Gasteiger partial charge in [0.2, 0.25) is 0 Å². The number of hydrogen-bond donors (Lipinski definition) is 2. The van der Waals surface area contributed by atoms with Crippen LogP contribution < -0.4 is 15.0 Å². The average Bonchev–Trinajstić information content (AvgIpc) is 2.80. The number of urea groups is 1. The number of barbiturate groups is 1. The van der Waals surface area contributed by atoms with Gasteiger partial charge in [-0.25, -0.2) is 9.69 Å². The van der Waals surface area contributed by atoms with E-state index < -0.39 is 17.8 Å². The molecule has 0 bridgehead atoms. The Kier molecular flexibility index (Phi) is 6.62. The number of anilines is 1. The van der Waals surface area contributed by atoms with E-state index in [2.05, 4.69) is 37.2 Å². The third kappa shape index (κ3) is 4.99. The van der Waals surface area contributed by atoms with Crippen molar-refractivity contribution in [3.05, 3.63) is 92.4 Å². The summed E-state index contributed by atoms with van der Waals surface area (Å²) in [4.78, 5) is 38.7. The van der Waals surface area contributed by atoms with E-state index in [0.29, 0.717) is 26.9 Å². The number of imide groups is 2. The summed E-state index contributed by atoms with van der Waals surface area (Å²) in [7, 11) is 0. The van der Waals surface area contributed by atoms with E-state index in [-0.39, 0.29) is 17.0 Å². The first-order valence-corrected chi connectivity index (χ1v) is 11.3. The van der Waals surface area contributed by atoms with Crippen LogP contribution in [0.2, 0.25) is 0 Å². The number of ether oxygens (including phenoxy) is 1. The Labute approximate surface area is 205 Å². The van der Waals surface area contributed by atoms with Crippen LogP contribution in [0, 0.1) is 0 Å². The number of halogens is 2. The molecule has 9 heteroatoms. The van der Waals surface area contributed by atoms with Crippen molar-refractivity contribution >= 4 is 61.5 Å². The summed E-state index contributed by atoms with van der Waals surface area (Å²) >= 11 is 6.43. The van der Waals surface area contributed by atoms with Gasteiger partial charge in [0, 0.05) is 0 Å². The van der Waals surface area contributed by atoms with Crippen molar-refractivity contribution in [2.24, 2.45) is 0 Å². The van der Waals surface area contributed by atoms with Crippen LogP contribution in [0.4, 0.5) is 10.5 Å². The van der Waals surface area contributed by atoms with E-state index in [1.165, 1.54) is 6.08 Å². The first kappa shape index (κ1) is 22.8. The van der Waals surface area contributed by atoms with Crippen LogP contribution in [0.1, 0.15) is 11.1 Å². The second-order valence-corrected chi connectivity index (χ2v) is 8.77. The number of aromatic hydroxyl groups is 1. The Morgan fingerprint density at radius 2 is 1.58 bits per heavy atom. The van der Waals surface area contributed by atoms with Gasteiger partial charge in [-0.3, -0.25) is 14.9 Å². The van der Waals surface area contributed by atoms with Crippen molar-refractivity contribution in [1.82, 2.24) is 5.32 Å². The number of nitrogens with one attached hydrogen (secondary N) is 1. The minimum atomic E-state index is -0.840. The lowest BCUT2D eigenvalue weighted by molar-refractivity contribution is -0.122. The number of hydrogen-bond acceptors (Lipinski definition) is 5. The molecule has 0 spiro atoms. The van der Waals surface area contributed by atoms with Crippen molar-refractivity contribution in [2.75, 3.05) is 4.90 Å². The zero-order valence-corrected chi connectivity index (χ0v) is 20.1. The number of amides is 4. The van der Waals surface area contributed by atoms with Gasteiger partial charge in [-0.05, 0) is 85.5 Å². The largest absolute Gasteiger partial charge is 0.506 e. The molecule has 3 aromatic carbocycles. The Morgan fingerprint density at radius 1 is 0.939 bits per heavy atom. The van der Waals surface area contributed by atoms with Gasteiger partial charge >= 0.3 is 6.03 Å². The first-order chi connectivity index (χ1) is 15.8. The van der Waals surface area contributed by atoms with Crippen LogP contribution in [0.25, 0.3) is 6.08 Å². The van der Waals surface area contributed by atoms with Crippen LogP contribution >= 0.6 is 31.9 Å². The Balaban J connectivity index is 1.56. The lowest BCUT2D eigenvalue weighted by Gasteiger charge is -2.26. The van der Waals surface area contributed by atoms with Gasteiger partial charge < -0.3 is 9.84 Å². The molecule has 1 fully saturated rings. The zero-order valence-electron chi connectivity index (χ0n) is 16.9. The molecule has 4 amide bonds. The molecule has 7 nitrogen and oxygen atoms in total. The quantitative estimate of drug-likeness (QED) is 0.326. The summed E-state index contributed by atoms with van der Waals surface area (Å²) in [5.41, 5.74) is 1.55. The maximum Gasteiger partial charge on any atom is 0.335 e. The van der Waals surface area contributed by atoms with Gasteiger partial charge in [0.25, 0.3) is 11.8 Å². The fraction of sp³-hybridized carbons (Fsp3) is 0.0417. The van der Waals surface area contributed by atoms with E-state index in [1.807, 2.05) is 30.3 Å². The fourth-order valence-corrected chi connectivity index (χ4v) is 4.38. The predicted octanol–water partition coefficient (Wildman–Crippen LogP) is 5.16. The first-order valence-electron chi connectivity index (χ1n) is 9.70. The molecule has 2 N–H and O–H groups in total. The average molecular weight is 572 g/mol. The maximum atomic E-state index is 13.1.